The minimum absolute atomic E-state index is 0.244. The molecule has 0 aliphatic heterocycles. The second kappa shape index (κ2) is 6.60. The maximum atomic E-state index is 12.7. The molecule has 118 valence electrons. The third-order valence-electron chi connectivity index (χ3n) is 3.89. The van der Waals surface area contributed by atoms with Crippen LogP contribution in [0, 0.1) is 6.92 Å². The highest BCUT2D eigenvalue weighted by atomic mass is 16.2. The van der Waals surface area contributed by atoms with Crippen molar-refractivity contribution in [2.75, 3.05) is 0 Å². The second-order valence-electron chi connectivity index (χ2n) is 5.57. The van der Waals surface area contributed by atoms with Gasteiger partial charge in [-0.15, -0.1) is 0 Å². The van der Waals surface area contributed by atoms with Crippen LogP contribution in [0.2, 0.25) is 0 Å². The highest BCUT2D eigenvalue weighted by molar-refractivity contribution is 5.78. The number of rotatable bonds is 4. The van der Waals surface area contributed by atoms with Gasteiger partial charge in [0.05, 0.1) is 11.4 Å². The van der Waals surface area contributed by atoms with Crippen LogP contribution >= 0.6 is 0 Å². The third kappa shape index (κ3) is 3.08. The first-order chi connectivity index (χ1) is 11.2. The van der Waals surface area contributed by atoms with E-state index in [9.17, 15) is 4.79 Å². The molecule has 0 unspecified atom stereocenters. The van der Waals surface area contributed by atoms with Gasteiger partial charge >= 0.3 is 6.03 Å². The van der Waals surface area contributed by atoms with Crippen LogP contribution < -0.4 is 0 Å². The van der Waals surface area contributed by atoms with Crippen molar-refractivity contribution in [1.82, 2.24) is 19.6 Å². The van der Waals surface area contributed by atoms with E-state index in [2.05, 4.69) is 29.3 Å². The molecule has 0 saturated heterocycles. The fourth-order valence-corrected chi connectivity index (χ4v) is 2.79. The van der Waals surface area contributed by atoms with Crippen LogP contribution in [0.4, 0.5) is 4.79 Å². The minimum atomic E-state index is -0.244. The summed E-state index contributed by atoms with van der Waals surface area (Å²) in [4.78, 5) is 12.7. The van der Waals surface area contributed by atoms with Crippen molar-refractivity contribution in [2.45, 2.75) is 33.1 Å². The Labute approximate surface area is 135 Å². The molecule has 0 amide bonds. The van der Waals surface area contributed by atoms with Gasteiger partial charge in [-0.2, -0.15) is 19.6 Å². The van der Waals surface area contributed by atoms with Crippen LogP contribution in [0.1, 0.15) is 35.9 Å². The van der Waals surface area contributed by atoms with Crippen molar-refractivity contribution in [2.24, 2.45) is 0 Å². The summed E-state index contributed by atoms with van der Waals surface area (Å²) in [5.41, 5.74) is 4.20. The van der Waals surface area contributed by atoms with Crippen molar-refractivity contribution in [3.8, 4) is 0 Å². The van der Waals surface area contributed by atoms with E-state index in [1.54, 1.807) is 18.5 Å². The van der Waals surface area contributed by atoms with Gasteiger partial charge in [-0.1, -0.05) is 43.7 Å². The lowest BCUT2D eigenvalue weighted by molar-refractivity contribution is 0.237. The molecule has 5 nitrogen and oxygen atoms in total. The standard InChI is InChI=1S/C18H20N4O/c1-3-8-16-14(2)20-22(18(23)21-12-7-11-19-21)17(16)13-15-9-5-4-6-10-15/h4-7,9-12H,3,8,13H2,1-2H3. The fourth-order valence-electron chi connectivity index (χ4n) is 2.79. The number of carbonyl (C=O) groups is 1. The third-order valence-corrected chi connectivity index (χ3v) is 3.89. The van der Waals surface area contributed by atoms with Crippen LogP contribution in [-0.4, -0.2) is 25.6 Å². The monoisotopic (exact) mass is 308 g/mol. The summed E-state index contributed by atoms with van der Waals surface area (Å²) >= 11 is 0. The van der Waals surface area contributed by atoms with Crippen molar-refractivity contribution in [3.05, 3.63) is 71.3 Å². The van der Waals surface area contributed by atoms with E-state index < -0.39 is 0 Å². The molecule has 0 atom stereocenters. The summed E-state index contributed by atoms with van der Waals surface area (Å²) in [5, 5.41) is 8.52. The van der Waals surface area contributed by atoms with Gasteiger partial charge in [0, 0.05) is 18.8 Å². The smallest absolute Gasteiger partial charge is 0.244 e. The molecule has 2 aromatic heterocycles. The molecule has 5 heteroatoms. The summed E-state index contributed by atoms with van der Waals surface area (Å²) in [6, 6.07) is 11.6. The molecule has 0 spiro atoms. The number of carbonyl (C=O) groups excluding carboxylic acids is 1. The summed E-state index contributed by atoms with van der Waals surface area (Å²) in [6.45, 7) is 4.10. The Hall–Kier alpha value is -2.69. The lowest BCUT2D eigenvalue weighted by Gasteiger charge is -2.09. The summed E-state index contributed by atoms with van der Waals surface area (Å²) in [6.07, 6.45) is 5.86. The van der Waals surface area contributed by atoms with E-state index in [0.29, 0.717) is 6.42 Å². The molecule has 0 N–H and O–H groups in total. The number of hydrogen-bond donors (Lipinski definition) is 0. The number of aryl methyl sites for hydroxylation is 1. The highest BCUT2D eigenvalue weighted by Gasteiger charge is 2.20. The van der Waals surface area contributed by atoms with Gasteiger partial charge in [0.1, 0.15) is 0 Å². The van der Waals surface area contributed by atoms with Crippen LogP contribution in [0.15, 0.2) is 48.8 Å². The molecule has 0 saturated carbocycles. The SMILES string of the molecule is CCCc1c(C)nn(C(=O)n2cccn2)c1Cc1ccccc1. The Morgan fingerprint density at radius 1 is 1.17 bits per heavy atom. The minimum Gasteiger partial charge on any atom is -0.244 e. The lowest BCUT2D eigenvalue weighted by Crippen LogP contribution is -2.23. The number of nitrogens with zero attached hydrogens (tertiary/aromatic N) is 4. The molecule has 1 aromatic carbocycles. The zero-order valence-electron chi connectivity index (χ0n) is 13.4. The molecule has 0 bridgehead atoms. The first-order valence-corrected chi connectivity index (χ1v) is 7.86. The Bertz CT molecular complexity index is 788. The van der Waals surface area contributed by atoms with Gasteiger partial charge in [0.15, 0.2) is 0 Å². The normalized spacial score (nSPS) is 10.9. The van der Waals surface area contributed by atoms with Gasteiger partial charge in [0.2, 0.25) is 0 Å². The molecule has 3 aromatic rings. The van der Waals surface area contributed by atoms with Gasteiger partial charge in [-0.25, -0.2) is 4.79 Å². The molecule has 0 fully saturated rings. The van der Waals surface area contributed by atoms with E-state index in [4.69, 9.17) is 0 Å². The zero-order chi connectivity index (χ0) is 16.2. The van der Waals surface area contributed by atoms with Crippen LogP contribution in [0.25, 0.3) is 0 Å². The first kappa shape index (κ1) is 15.2. The summed E-state index contributed by atoms with van der Waals surface area (Å²) in [7, 11) is 0. The lowest BCUT2D eigenvalue weighted by atomic mass is 10.0. The van der Waals surface area contributed by atoms with Crippen LogP contribution in [0.3, 0.4) is 0 Å². The van der Waals surface area contributed by atoms with E-state index in [-0.39, 0.29) is 6.03 Å². The predicted octanol–water partition coefficient (Wildman–Crippen LogP) is 3.45. The highest BCUT2D eigenvalue weighted by Crippen LogP contribution is 2.20. The van der Waals surface area contributed by atoms with Crippen molar-refractivity contribution < 1.29 is 4.79 Å². The molecule has 0 aliphatic carbocycles. The van der Waals surface area contributed by atoms with E-state index in [0.717, 1.165) is 29.8 Å². The predicted molar refractivity (Wildman–Crippen MR) is 88.6 cm³/mol. The Balaban J connectivity index is 2.05. The van der Waals surface area contributed by atoms with Crippen molar-refractivity contribution >= 4 is 6.03 Å². The number of benzene rings is 1. The Kier molecular flexibility index (Phi) is 4.37. The summed E-state index contributed by atoms with van der Waals surface area (Å²) in [5.74, 6) is 0. The Morgan fingerprint density at radius 2 is 1.96 bits per heavy atom. The molecule has 23 heavy (non-hydrogen) atoms. The second-order valence-corrected chi connectivity index (χ2v) is 5.57. The van der Waals surface area contributed by atoms with Gasteiger partial charge in [0.25, 0.3) is 0 Å². The van der Waals surface area contributed by atoms with Gasteiger partial charge in [-0.3, -0.25) is 0 Å². The molecular formula is C18H20N4O. The quantitative estimate of drug-likeness (QED) is 0.742. The maximum Gasteiger partial charge on any atom is 0.369 e. The number of hydrogen-bond acceptors (Lipinski definition) is 3. The molecule has 0 radical (unpaired) electrons. The average molecular weight is 308 g/mol. The molecule has 2 heterocycles. The van der Waals surface area contributed by atoms with Crippen LogP contribution in [0.5, 0.6) is 0 Å². The maximum absolute atomic E-state index is 12.7. The Morgan fingerprint density at radius 3 is 2.61 bits per heavy atom. The summed E-state index contributed by atoms with van der Waals surface area (Å²) < 4.78 is 2.82. The van der Waals surface area contributed by atoms with Gasteiger partial charge in [-0.05, 0) is 30.5 Å². The molecule has 0 aliphatic rings. The van der Waals surface area contributed by atoms with E-state index >= 15 is 0 Å². The molecular weight excluding hydrogens is 288 g/mol. The van der Waals surface area contributed by atoms with Crippen molar-refractivity contribution in [1.29, 1.82) is 0 Å². The van der Waals surface area contributed by atoms with E-state index in [1.165, 1.54) is 14.9 Å². The number of aromatic nitrogens is 4. The molecule has 3 rings (SSSR count). The van der Waals surface area contributed by atoms with Crippen LogP contribution in [-0.2, 0) is 12.8 Å². The zero-order valence-corrected chi connectivity index (χ0v) is 13.4. The van der Waals surface area contributed by atoms with Gasteiger partial charge < -0.3 is 0 Å². The van der Waals surface area contributed by atoms with Crippen molar-refractivity contribution in [3.63, 3.8) is 0 Å². The first-order valence-electron chi connectivity index (χ1n) is 7.86. The fraction of sp³-hybridized carbons (Fsp3) is 0.278. The largest absolute Gasteiger partial charge is 0.369 e. The average Bonchev–Trinajstić information content (AvgIpc) is 3.19. The topological polar surface area (TPSA) is 52.7 Å². The van der Waals surface area contributed by atoms with E-state index in [1.807, 2.05) is 25.1 Å².